The number of benzene rings is 2. The Labute approximate surface area is 194 Å². The lowest BCUT2D eigenvalue weighted by Gasteiger charge is -2.32. The number of halogens is 1. The number of amides is 1. The maximum absolute atomic E-state index is 13.2. The summed E-state index contributed by atoms with van der Waals surface area (Å²) >= 11 is 6.27. The van der Waals surface area contributed by atoms with E-state index in [-0.39, 0.29) is 27.4 Å². The molecule has 0 spiro atoms. The molecule has 0 unspecified atom stereocenters. The number of nitrogens with one attached hydrogen (secondary N) is 1. The molecule has 0 bridgehead atoms. The second kappa shape index (κ2) is 9.29. The molecule has 4 rings (SSSR count). The van der Waals surface area contributed by atoms with Gasteiger partial charge in [-0.1, -0.05) is 11.6 Å². The van der Waals surface area contributed by atoms with Gasteiger partial charge in [0.25, 0.3) is 15.9 Å². The number of carbonyl (C=O) groups is 1. The smallest absolute Gasteiger partial charge is 0.264 e. The van der Waals surface area contributed by atoms with Crippen molar-refractivity contribution in [2.24, 2.45) is 0 Å². The van der Waals surface area contributed by atoms with Crippen molar-refractivity contribution in [3.8, 4) is 5.75 Å². The van der Waals surface area contributed by atoms with E-state index in [9.17, 15) is 13.2 Å². The van der Waals surface area contributed by atoms with Crippen LogP contribution >= 0.6 is 11.6 Å². The zero-order valence-corrected chi connectivity index (χ0v) is 19.8. The molecular formula is C23H28ClN3O4S. The summed E-state index contributed by atoms with van der Waals surface area (Å²) in [4.78, 5) is 15.4. The molecule has 1 aliphatic carbocycles. The van der Waals surface area contributed by atoms with E-state index in [1.54, 1.807) is 31.4 Å². The maximum Gasteiger partial charge on any atom is 0.264 e. The number of piperidine rings is 1. The molecule has 9 heteroatoms. The number of nitrogens with zero attached hydrogens (tertiary/aromatic N) is 2. The zero-order chi connectivity index (χ0) is 22.9. The predicted octanol–water partition coefficient (Wildman–Crippen LogP) is 3.53. The van der Waals surface area contributed by atoms with Gasteiger partial charge in [-0.3, -0.25) is 9.10 Å². The van der Waals surface area contributed by atoms with Crippen molar-refractivity contribution in [3.05, 3.63) is 53.1 Å². The minimum Gasteiger partial charge on any atom is -0.497 e. The van der Waals surface area contributed by atoms with Crippen molar-refractivity contribution in [1.29, 1.82) is 0 Å². The molecule has 2 fully saturated rings. The first kappa shape index (κ1) is 22.9. The van der Waals surface area contributed by atoms with Crippen molar-refractivity contribution in [2.75, 3.05) is 31.6 Å². The second-order valence-corrected chi connectivity index (χ2v) is 10.7. The van der Waals surface area contributed by atoms with Crippen LogP contribution in [0.2, 0.25) is 5.02 Å². The fourth-order valence-corrected chi connectivity index (χ4v) is 5.47. The highest BCUT2D eigenvalue weighted by molar-refractivity contribution is 7.92. The fourth-order valence-electron chi connectivity index (χ4n) is 4.04. The first-order valence-corrected chi connectivity index (χ1v) is 12.6. The Morgan fingerprint density at radius 1 is 1.09 bits per heavy atom. The third-order valence-corrected chi connectivity index (χ3v) is 8.32. The van der Waals surface area contributed by atoms with E-state index < -0.39 is 10.0 Å². The van der Waals surface area contributed by atoms with Crippen molar-refractivity contribution in [2.45, 2.75) is 42.7 Å². The summed E-state index contributed by atoms with van der Waals surface area (Å²) in [5.74, 6) is 0.289. The Morgan fingerprint density at radius 2 is 1.75 bits per heavy atom. The molecule has 1 saturated carbocycles. The molecule has 0 radical (unpaired) electrons. The Balaban J connectivity index is 1.48. The number of methoxy groups -OCH3 is 1. The summed E-state index contributed by atoms with van der Waals surface area (Å²) in [7, 11) is -0.861. The largest absolute Gasteiger partial charge is 0.497 e. The van der Waals surface area contributed by atoms with Gasteiger partial charge in [0.05, 0.1) is 28.3 Å². The van der Waals surface area contributed by atoms with Crippen LogP contribution in [0.5, 0.6) is 5.75 Å². The van der Waals surface area contributed by atoms with Crippen LogP contribution in [-0.4, -0.2) is 58.6 Å². The molecule has 0 aromatic heterocycles. The third kappa shape index (κ3) is 4.87. The molecule has 2 aliphatic rings. The fraction of sp³-hybridized carbons (Fsp3) is 0.435. The van der Waals surface area contributed by atoms with Crippen molar-refractivity contribution in [1.82, 2.24) is 10.2 Å². The number of anilines is 1. The highest BCUT2D eigenvalue weighted by Crippen LogP contribution is 2.30. The van der Waals surface area contributed by atoms with Crippen LogP contribution in [0.3, 0.4) is 0 Å². The molecule has 7 nitrogen and oxygen atoms in total. The predicted molar refractivity (Wildman–Crippen MR) is 125 cm³/mol. The number of hydrogen-bond donors (Lipinski definition) is 1. The summed E-state index contributed by atoms with van der Waals surface area (Å²) in [5, 5.41) is 3.26. The molecule has 1 heterocycles. The molecule has 1 aliphatic heterocycles. The average molecular weight is 478 g/mol. The van der Waals surface area contributed by atoms with Gasteiger partial charge in [-0.25, -0.2) is 8.42 Å². The minimum absolute atomic E-state index is 0.00826. The monoisotopic (exact) mass is 477 g/mol. The van der Waals surface area contributed by atoms with E-state index >= 15 is 0 Å². The van der Waals surface area contributed by atoms with Gasteiger partial charge in [0, 0.05) is 32.2 Å². The standard InChI is InChI=1S/C23H28ClN3O4S/c1-26(17-5-7-19(31-2)8-6-17)32(29,30)20-9-10-22(24)21(15-20)23(28)25-16-11-13-27(14-12-16)18-3-4-18/h5-10,15-16,18H,3-4,11-14H2,1-2H3,(H,25,28). The molecule has 1 amide bonds. The minimum atomic E-state index is -3.88. The number of rotatable bonds is 7. The number of hydrogen-bond acceptors (Lipinski definition) is 5. The van der Waals surface area contributed by atoms with E-state index in [0.29, 0.717) is 11.4 Å². The van der Waals surface area contributed by atoms with Crippen LogP contribution in [0, 0.1) is 0 Å². The van der Waals surface area contributed by atoms with Crippen molar-refractivity contribution < 1.29 is 17.9 Å². The Kier molecular flexibility index (Phi) is 6.65. The van der Waals surface area contributed by atoms with Crippen LogP contribution in [-0.2, 0) is 10.0 Å². The first-order chi connectivity index (χ1) is 15.3. The average Bonchev–Trinajstić information content (AvgIpc) is 3.65. The van der Waals surface area contributed by atoms with Crippen molar-refractivity contribution >= 4 is 33.2 Å². The van der Waals surface area contributed by atoms with Crippen LogP contribution in [0.25, 0.3) is 0 Å². The number of carbonyl (C=O) groups excluding carboxylic acids is 1. The number of likely N-dealkylation sites (tertiary alicyclic amines) is 1. The zero-order valence-electron chi connectivity index (χ0n) is 18.3. The first-order valence-electron chi connectivity index (χ1n) is 10.8. The van der Waals surface area contributed by atoms with Gasteiger partial charge < -0.3 is 15.0 Å². The van der Waals surface area contributed by atoms with Crippen molar-refractivity contribution in [3.63, 3.8) is 0 Å². The van der Waals surface area contributed by atoms with Gasteiger partial charge in [0.15, 0.2) is 0 Å². The number of sulfonamides is 1. The lowest BCUT2D eigenvalue weighted by molar-refractivity contribution is 0.0909. The molecule has 32 heavy (non-hydrogen) atoms. The Bertz CT molecular complexity index is 1080. The Hall–Kier alpha value is -2.29. The van der Waals surface area contributed by atoms with Gasteiger partial charge in [0.1, 0.15) is 5.75 Å². The SMILES string of the molecule is COc1ccc(N(C)S(=O)(=O)c2ccc(Cl)c(C(=O)NC3CCN(C4CC4)CC3)c2)cc1. The molecule has 172 valence electrons. The lowest BCUT2D eigenvalue weighted by Crippen LogP contribution is -2.45. The molecular weight excluding hydrogens is 450 g/mol. The maximum atomic E-state index is 13.2. The summed E-state index contributed by atoms with van der Waals surface area (Å²) in [6.45, 7) is 1.95. The van der Waals surface area contributed by atoms with E-state index in [0.717, 1.165) is 32.0 Å². The highest BCUT2D eigenvalue weighted by Gasteiger charge is 2.32. The second-order valence-electron chi connectivity index (χ2n) is 8.33. The quantitative estimate of drug-likeness (QED) is 0.660. The topological polar surface area (TPSA) is 78.9 Å². The van der Waals surface area contributed by atoms with Gasteiger partial charge in [-0.05, 0) is 68.1 Å². The van der Waals surface area contributed by atoms with Gasteiger partial charge in [-0.2, -0.15) is 0 Å². The summed E-state index contributed by atoms with van der Waals surface area (Å²) in [5.41, 5.74) is 0.648. The third-order valence-electron chi connectivity index (χ3n) is 6.20. The van der Waals surface area contributed by atoms with Gasteiger partial charge >= 0.3 is 0 Å². The Morgan fingerprint density at radius 3 is 2.34 bits per heavy atom. The van der Waals surface area contributed by atoms with E-state index in [1.807, 2.05) is 0 Å². The van der Waals surface area contributed by atoms with Crippen LogP contribution in [0.15, 0.2) is 47.4 Å². The van der Waals surface area contributed by atoms with E-state index in [2.05, 4.69) is 10.2 Å². The van der Waals surface area contributed by atoms with Crippen LogP contribution in [0.4, 0.5) is 5.69 Å². The highest BCUT2D eigenvalue weighted by atomic mass is 35.5. The van der Waals surface area contributed by atoms with Gasteiger partial charge in [-0.15, -0.1) is 0 Å². The molecule has 1 saturated heterocycles. The molecule has 1 N–H and O–H groups in total. The summed E-state index contributed by atoms with van der Waals surface area (Å²) in [6.07, 6.45) is 4.33. The molecule has 2 aromatic rings. The normalized spacial score (nSPS) is 17.7. The number of ether oxygens (including phenoxy) is 1. The van der Waals surface area contributed by atoms with E-state index in [1.165, 1.54) is 42.4 Å². The lowest BCUT2D eigenvalue weighted by atomic mass is 10.0. The summed E-state index contributed by atoms with van der Waals surface area (Å²) < 4.78 is 32.7. The van der Waals surface area contributed by atoms with Gasteiger partial charge in [0.2, 0.25) is 0 Å². The molecule has 2 aromatic carbocycles. The van der Waals surface area contributed by atoms with E-state index in [4.69, 9.17) is 16.3 Å². The molecule has 0 atom stereocenters. The summed E-state index contributed by atoms with van der Waals surface area (Å²) in [6, 6.07) is 11.7. The van der Waals surface area contributed by atoms with Crippen LogP contribution < -0.4 is 14.4 Å². The van der Waals surface area contributed by atoms with Crippen LogP contribution in [0.1, 0.15) is 36.0 Å².